The van der Waals surface area contributed by atoms with E-state index < -0.39 is 0 Å². The van der Waals surface area contributed by atoms with E-state index in [4.69, 9.17) is 19.4 Å². The minimum atomic E-state index is 0.576. The van der Waals surface area contributed by atoms with Crippen LogP contribution >= 0.6 is 0 Å². The molecular formula is C51H32N4O. The van der Waals surface area contributed by atoms with Gasteiger partial charge in [-0.25, -0.2) is 15.0 Å². The molecule has 0 radical (unpaired) electrons. The van der Waals surface area contributed by atoms with Gasteiger partial charge in [0.05, 0.1) is 16.7 Å². The molecule has 8 aromatic carbocycles. The molecule has 0 bridgehead atoms. The van der Waals surface area contributed by atoms with Crippen molar-refractivity contribution >= 4 is 43.7 Å². The molecule has 0 aliphatic rings. The van der Waals surface area contributed by atoms with Gasteiger partial charge in [-0.1, -0.05) is 164 Å². The molecule has 11 rings (SSSR count). The van der Waals surface area contributed by atoms with Crippen molar-refractivity contribution in [2.75, 3.05) is 0 Å². The fourth-order valence-electron chi connectivity index (χ4n) is 8.11. The summed E-state index contributed by atoms with van der Waals surface area (Å²) in [5, 5.41) is 4.36. The largest absolute Gasteiger partial charge is 0.455 e. The summed E-state index contributed by atoms with van der Waals surface area (Å²) >= 11 is 0. The number of fused-ring (bicyclic) bond motifs is 6. The molecule has 3 heterocycles. The number of benzene rings is 8. The van der Waals surface area contributed by atoms with Crippen LogP contribution in [0.2, 0.25) is 0 Å². The minimum absolute atomic E-state index is 0.576. The molecule has 0 amide bonds. The van der Waals surface area contributed by atoms with Crippen LogP contribution in [0.5, 0.6) is 0 Å². The van der Waals surface area contributed by atoms with Gasteiger partial charge in [0.2, 0.25) is 0 Å². The van der Waals surface area contributed by atoms with Crippen LogP contribution in [0.25, 0.3) is 106 Å². The number of nitrogens with zero attached hydrogens (tertiary/aromatic N) is 4. The van der Waals surface area contributed by atoms with Crippen molar-refractivity contribution in [3.05, 3.63) is 194 Å². The Bertz CT molecular complexity index is 3190. The number of hydrogen-bond acceptors (Lipinski definition) is 4. The minimum Gasteiger partial charge on any atom is -0.455 e. The molecule has 0 saturated heterocycles. The zero-order valence-corrected chi connectivity index (χ0v) is 30.2. The molecule has 56 heavy (non-hydrogen) atoms. The van der Waals surface area contributed by atoms with E-state index >= 15 is 0 Å². The maximum atomic E-state index is 6.66. The van der Waals surface area contributed by atoms with Crippen molar-refractivity contribution in [3.8, 4) is 62.1 Å². The lowest BCUT2D eigenvalue weighted by Crippen LogP contribution is -2.04. The van der Waals surface area contributed by atoms with Crippen LogP contribution in [0.15, 0.2) is 199 Å². The quantitative estimate of drug-likeness (QED) is 0.172. The van der Waals surface area contributed by atoms with Gasteiger partial charge in [-0.2, -0.15) is 0 Å². The molecule has 0 unspecified atom stereocenters. The van der Waals surface area contributed by atoms with Gasteiger partial charge in [-0.15, -0.1) is 0 Å². The predicted molar refractivity (Wildman–Crippen MR) is 229 cm³/mol. The van der Waals surface area contributed by atoms with Crippen LogP contribution in [-0.2, 0) is 0 Å². The fourth-order valence-corrected chi connectivity index (χ4v) is 8.11. The summed E-state index contributed by atoms with van der Waals surface area (Å²) in [5.41, 5.74) is 11.9. The standard InChI is InChI=1S/C51H32N4O/c1-4-16-33(17-5-1)36-30-31-40(45(32-36)55-43-27-12-10-22-38(43)39-23-11-13-28-44(39)55)50-52-49(35-20-8-3-9-21-35)53-51(54-50)42-26-15-29-46-47(42)41-25-14-24-37(48(41)56-46)34-18-6-2-7-19-34/h1-32H. The Balaban J connectivity index is 1.20. The molecular weight excluding hydrogens is 685 g/mol. The van der Waals surface area contributed by atoms with Crippen LogP contribution in [0.1, 0.15) is 0 Å². The molecule has 0 aliphatic carbocycles. The first-order valence-corrected chi connectivity index (χ1v) is 18.8. The van der Waals surface area contributed by atoms with Gasteiger partial charge in [0.1, 0.15) is 11.2 Å². The summed E-state index contributed by atoms with van der Waals surface area (Å²) in [5.74, 6) is 1.76. The van der Waals surface area contributed by atoms with Crippen molar-refractivity contribution < 1.29 is 4.42 Å². The summed E-state index contributed by atoms with van der Waals surface area (Å²) in [6, 6.07) is 67.3. The molecule has 0 N–H and O–H groups in total. The van der Waals surface area contributed by atoms with E-state index in [1.165, 1.54) is 10.8 Å². The summed E-state index contributed by atoms with van der Waals surface area (Å²) in [6.07, 6.45) is 0. The zero-order chi connectivity index (χ0) is 37.0. The average molecular weight is 717 g/mol. The topological polar surface area (TPSA) is 56.7 Å². The molecule has 3 aromatic heterocycles. The van der Waals surface area contributed by atoms with Crippen molar-refractivity contribution in [2.45, 2.75) is 0 Å². The van der Waals surface area contributed by atoms with Crippen molar-refractivity contribution in [3.63, 3.8) is 0 Å². The number of aromatic nitrogens is 4. The first-order valence-electron chi connectivity index (χ1n) is 18.8. The molecule has 0 fully saturated rings. The number of rotatable bonds is 6. The second-order valence-corrected chi connectivity index (χ2v) is 14.0. The van der Waals surface area contributed by atoms with Crippen molar-refractivity contribution in [2.24, 2.45) is 0 Å². The molecule has 11 aromatic rings. The van der Waals surface area contributed by atoms with Crippen LogP contribution < -0.4 is 0 Å². The highest BCUT2D eigenvalue weighted by Gasteiger charge is 2.22. The molecule has 0 saturated carbocycles. The van der Waals surface area contributed by atoms with Crippen LogP contribution in [0.3, 0.4) is 0 Å². The lowest BCUT2D eigenvalue weighted by molar-refractivity contribution is 0.670. The predicted octanol–water partition coefficient (Wildman–Crippen LogP) is 13.2. The lowest BCUT2D eigenvalue weighted by Gasteiger charge is -2.16. The van der Waals surface area contributed by atoms with Gasteiger partial charge in [-0.05, 0) is 47.0 Å². The third-order valence-corrected chi connectivity index (χ3v) is 10.7. The van der Waals surface area contributed by atoms with E-state index in [-0.39, 0.29) is 0 Å². The Morgan fingerprint density at radius 1 is 0.357 bits per heavy atom. The van der Waals surface area contributed by atoms with Crippen molar-refractivity contribution in [1.29, 1.82) is 0 Å². The summed E-state index contributed by atoms with van der Waals surface area (Å²) in [7, 11) is 0. The van der Waals surface area contributed by atoms with Gasteiger partial charge in [0.15, 0.2) is 17.5 Å². The molecule has 262 valence electrons. The number of hydrogen-bond donors (Lipinski definition) is 0. The second kappa shape index (κ2) is 13.0. The molecule has 0 spiro atoms. The third kappa shape index (κ3) is 5.21. The van der Waals surface area contributed by atoms with E-state index in [9.17, 15) is 0 Å². The average Bonchev–Trinajstić information content (AvgIpc) is 3.83. The van der Waals surface area contributed by atoms with Gasteiger partial charge < -0.3 is 8.98 Å². The fraction of sp³-hybridized carbons (Fsp3) is 0. The first-order chi connectivity index (χ1) is 27.8. The maximum Gasteiger partial charge on any atom is 0.166 e. The number of furan rings is 1. The summed E-state index contributed by atoms with van der Waals surface area (Å²) in [4.78, 5) is 15.8. The highest BCUT2D eigenvalue weighted by atomic mass is 16.3. The van der Waals surface area contributed by atoms with E-state index in [0.29, 0.717) is 17.5 Å². The van der Waals surface area contributed by atoms with Crippen LogP contribution in [-0.4, -0.2) is 19.5 Å². The number of para-hydroxylation sites is 3. The Morgan fingerprint density at radius 2 is 0.893 bits per heavy atom. The van der Waals surface area contributed by atoms with Gasteiger partial charge >= 0.3 is 0 Å². The summed E-state index contributed by atoms with van der Waals surface area (Å²) < 4.78 is 9.02. The highest BCUT2D eigenvalue weighted by molar-refractivity contribution is 6.15. The Kier molecular flexibility index (Phi) is 7.42. The van der Waals surface area contributed by atoms with E-state index in [1.54, 1.807) is 0 Å². The second-order valence-electron chi connectivity index (χ2n) is 14.0. The van der Waals surface area contributed by atoms with Gasteiger partial charge in [0.25, 0.3) is 0 Å². The third-order valence-electron chi connectivity index (χ3n) is 10.7. The normalized spacial score (nSPS) is 11.6. The summed E-state index contributed by atoms with van der Waals surface area (Å²) in [6.45, 7) is 0. The van der Waals surface area contributed by atoms with Crippen molar-refractivity contribution in [1.82, 2.24) is 19.5 Å². The van der Waals surface area contributed by atoms with Gasteiger partial charge in [-0.3, -0.25) is 0 Å². The van der Waals surface area contributed by atoms with E-state index in [1.807, 2.05) is 36.4 Å². The lowest BCUT2D eigenvalue weighted by atomic mass is 10.00. The molecule has 5 nitrogen and oxygen atoms in total. The smallest absolute Gasteiger partial charge is 0.166 e. The molecule has 5 heteroatoms. The molecule has 0 aliphatic heterocycles. The maximum absolute atomic E-state index is 6.66. The molecule has 0 atom stereocenters. The Labute approximate surface area is 322 Å². The first kappa shape index (κ1) is 31.9. The highest BCUT2D eigenvalue weighted by Crippen LogP contribution is 2.42. The van der Waals surface area contributed by atoms with Gasteiger partial charge in [0, 0.05) is 43.8 Å². The van der Waals surface area contributed by atoms with Crippen LogP contribution in [0.4, 0.5) is 0 Å². The van der Waals surface area contributed by atoms with E-state index in [0.717, 1.165) is 77.6 Å². The monoisotopic (exact) mass is 716 g/mol. The van der Waals surface area contributed by atoms with Crippen LogP contribution in [0, 0.1) is 0 Å². The zero-order valence-electron chi connectivity index (χ0n) is 30.2. The Morgan fingerprint density at radius 3 is 1.59 bits per heavy atom. The van der Waals surface area contributed by atoms with E-state index in [2.05, 4.69) is 162 Å². The SMILES string of the molecule is c1ccc(-c2ccc(-c3nc(-c4ccccc4)nc(-c4cccc5oc6c(-c7ccccc7)cccc6c45)n3)c(-n3c4ccccc4c4ccccc43)c2)cc1. The Hall–Kier alpha value is -7.63.